The summed E-state index contributed by atoms with van der Waals surface area (Å²) in [5, 5.41) is 18.3. The maximum atomic E-state index is 9.17. The van der Waals surface area contributed by atoms with E-state index in [2.05, 4.69) is 39.1 Å². The normalized spacial score (nSPS) is 16.3. The molecule has 1 aromatic heterocycles. The monoisotopic (exact) mass is 421 g/mol. The zero-order chi connectivity index (χ0) is 21.7. The highest BCUT2D eigenvalue weighted by Gasteiger charge is 2.27. The predicted octanol–water partition coefficient (Wildman–Crippen LogP) is 4.30. The first-order chi connectivity index (χ1) is 14.3. The molecule has 2 heterocycles. The number of anilines is 2. The number of hydrogen-bond donors (Lipinski definition) is 0. The van der Waals surface area contributed by atoms with Crippen LogP contribution in [0.15, 0.2) is 40.2 Å². The van der Waals surface area contributed by atoms with Crippen molar-refractivity contribution >= 4 is 39.7 Å². The number of rotatable bonds is 5. The first kappa shape index (κ1) is 21.4. The van der Waals surface area contributed by atoms with Crippen LogP contribution in [0.25, 0.3) is 10.9 Å². The van der Waals surface area contributed by atoms with Gasteiger partial charge in [0.2, 0.25) is 5.13 Å². The molecule has 0 amide bonds. The molecule has 1 aliphatic rings. The molecule has 1 fully saturated rings. The average molecular weight is 422 g/mol. The minimum Gasteiger partial charge on any atom is -0.378 e. The maximum Gasteiger partial charge on any atom is 0.263 e. The Labute approximate surface area is 181 Å². The van der Waals surface area contributed by atoms with E-state index in [1.54, 1.807) is 6.08 Å². The van der Waals surface area contributed by atoms with Gasteiger partial charge in [-0.2, -0.15) is 4.98 Å². The number of nitrogens with zero attached hydrogens (tertiary/aromatic N) is 8. The lowest BCUT2D eigenvalue weighted by molar-refractivity contribution is -0.890. The van der Waals surface area contributed by atoms with Crippen LogP contribution >= 0.6 is 11.3 Å². The summed E-state index contributed by atoms with van der Waals surface area (Å²) in [6, 6.07) is 9.72. The standard InChI is InChI=1S/C21H25N8S/c1-23-17(15-22)14-19-20(28-10-12-29(4,5)13-11-28)24-21(30-19)26-25-16-6-8-18(9-7-16)27(2)3/h6-9,14H,10-13H2,2-5H3/q+1/b17-14+,26-25+. The van der Waals surface area contributed by atoms with Crippen LogP contribution in [0.2, 0.25) is 0 Å². The largest absolute Gasteiger partial charge is 0.378 e. The van der Waals surface area contributed by atoms with Gasteiger partial charge in [-0.25, -0.2) is 10.1 Å². The number of allylic oxidation sites excluding steroid dienone is 1. The molecule has 0 saturated carbocycles. The zero-order valence-corrected chi connectivity index (χ0v) is 18.5. The fraction of sp³-hybridized carbons (Fsp3) is 0.381. The van der Waals surface area contributed by atoms with Crippen molar-refractivity contribution in [2.45, 2.75) is 0 Å². The van der Waals surface area contributed by atoms with Gasteiger partial charge in [0, 0.05) is 19.8 Å². The third kappa shape index (κ3) is 5.20. The Morgan fingerprint density at radius 3 is 2.50 bits per heavy atom. The van der Waals surface area contributed by atoms with E-state index in [-0.39, 0.29) is 5.70 Å². The lowest BCUT2D eigenvalue weighted by Crippen LogP contribution is -2.55. The van der Waals surface area contributed by atoms with Crippen molar-refractivity contribution in [1.82, 2.24) is 4.98 Å². The lowest BCUT2D eigenvalue weighted by atomic mass is 10.2. The molecule has 0 aliphatic carbocycles. The summed E-state index contributed by atoms with van der Waals surface area (Å²) in [5.41, 5.74) is 1.87. The van der Waals surface area contributed by atoms with E-state index in [1.807, 2.05) is 49.3 Å². The van der Waals surface area contributed by atoms with Crippen molar-refractivity contribution in [2.75, 3.05) is 64.2 Å². The average Bonchev–Trinajstić information content (AvgIpc) is 3.13. The van der Waals surface area contributed by atoms with E-state index >= 15 is 0 Å². The van der Waals surface area contributed by atoms with Crippen LogP contribution in [0.1, 0.15) is 4.88 Å². The zero-order valence-electron chi connectivity index (χ0n) is 17.7. The third-order valence-electron chi connectivity index (χ3n) is 4.99. The van der Waals surface area contributed by atoms with Crippen LogP contribution < -0.4 is 9.80 Å². The van der Waals surface area contributed by atoms with Crippen molar-refractivity contribution in [1.29, 1.82) is 5.26 Å². The predicted molar refractivity (Wildman–Crippen MR) is 121 cm³/mol. The highest BCUT2D eigenvalue weighted by Crippen LogP contribution is 2.35. The molecule has 8 nitrogen and oxygen atoms in total. The molecule has 0 bridgehead atoms. The highest BCUT2D eigenvalue weighted by atomic mass is 32.1. The third-order valence-corrected chi connectivity index (χ3v) is 5.87. The van der Waals surface area contributed by atoms with Crippen LogP contribution in [-0.4, -0.2) is 63.8 Å². The van der Waals surface area contributed by atoms with Gasteiger partial charge in [0.25, 0.3) is 5.70 Å². The molecule has 0 N–H and O–H groups in total. The molecular weight excluding hydrogens is 396 g/mol. The first-order valence-electron chi connectivity index (χ1n) is 9.57. The smallest absolute Gasteiger partial charge is 0.263 e. The number of thiazole rings is 1. The summed E-state index contributed by atoms with van der Waals surface area (Å²) in [6.07, 6.45) is 1.60. The highest BCUT2D eigenvalue weighted by molar-refractivity contribution is 7.16. The van der Waals surface area contributed by atoms with Crippen molar-refractivity contribution in [3.63, 3.8) is 0 Å². The minimum absolute atomic E-state index is 0.0378. The first-order valence-corrected chi connectivity index (χ1v) is 10.4. The SMILES string of the molecule is [C-]#[N+]/C(C#N)=C/c1sc(/N=N/c2ccc(N(C)C)cc2)nc1N1CC[N+](C)(C)CC1. The summed E-state index contributed by atoms with van der Waals surface area (Å²) < 4.78 is 0.965. The number of azo groups is 1. The van der Waals surface area contributed by atoms with Crippen LogP contribution in [-0.2, 0) is 0 Å². The van der Waals surface area contributed by atoms with Gasteiger partial charge in [-0.1, -0.05) is 11.3 Å². The van der Waals surface area contributed by atoms with Crippen LogP contribution in [0.4, 0.5) is 22.3 Å². The van der Waals surface area contributed by atoms with Gasteiger partial charge >= 0.3 is 0 Å². The van der Waals surface area contributed by atoms with Gasteiger partial charge in [-0.05, 0) is 30.3 Å². The molecule has 3 rings (SSSR count). The topological polar surface area (TPSA) is 72.2 Å². The van der Waals surface area contributed by atoms with E-state index in [4.69, 9.17) is 11.8 Å². The molecule has 0 atom stereocenters. The molecule has 1 aromatic carbocycles. The number of aromatic nitrogens is 1. The molecule has 1 saturated heterocycles. The second-order valence-electron chi connectivity index (χ2n) is 7.92. The Morgan fingerprint density at radius 2 is 1.93 bits per heavy atom. The summed E-state index contributed by atoms with van der Waals surface area (Å²) in [7, 11) is 8.41. The van der Waals surface area contributed by atoms with Gasteiger partial charge in [0.05, 0.1) is 63.5 Å². The molecule has 0 unspecified atom stereocenters. The molecule has 9 heteroatoms. The molecule has 2 aromatic rings. The summed E-state index contributed by atoms with van der Waals surface area (Å²) >= 11 is 1.34. The fourth-order valence-electron chi connectivity index (χ4n) is 3.03. The van der Waals surface area contributed by atoms with Crippen LogP contribution in [0, 0.1) is 17.9 Å². The minimum atomic E-state index is 0.0378. The van der Waals surface area contributed by atoms with Gasteiger partial charge in [-0.15, -0.1) is 10.2 Å². The second-order valence-corrected chi connectivity index (χ2v) is 8.93. The molecular formula is C21H25N8S+. The molecule has 30 heavy (non-hydrogen) atoms. The lowest BCUT2D eigenvalue weighted by Gasteiger charge is -2.39. The van der Waals surface area contributed by atoms with Gasteiger partial charge in [0.15, 0.2) is 0 Å². The van der Waals surface area contributed by atoms with E-state index in [0.717, 1.165) is 52.7 Å². The number of quaternary nitrogens is 1. The fourth-order valence-corrected chi connectivity index (χ4v) is 3.87. The Hall–Kier alpha value is -3.27. The van der Waals surface area contributed by atoms with Crippen molar-refractivity contribution in [3.05, 3.63) is 46.3 Å². The summed E-state index contributed by atoms with van der Waals surface area (Å²) in [4.78, 5) is 13.0. The number of piperazine rings is 1. The Bertz CT molecular complexity index is 1010. The maximum absolute atomic E-state index is 9.17. The van der Waals surface area contributed by atoms with Gasteiger partial charge in [-0.3, -0.25) is 0 Å². The van der Waals surface area contributed by atoms with Gasteiger partial charge in [0.1, 0.15) is 5.82 Å². The van der Waals surface area contributed by atoms with Crippen LogP contribution in [0.3, 0.4) is 0 Å². The van der Waals surface area contributed by atoms with Crippen molar-refractivity contribution < 1.29 is 4.48 Å². The van der Waals surface area contributed by atoms with Gasteiger partial charge < -0.3 is 14.3 Å². The number of hydrogen-bond acceptors (Lipinski definition) is 7. The number of benzene rings is 1. The second kappa shape index (κ2) is 9.04. The Morgan fingerprint density at radius 1 is 1.27 bits per heavy atom. The van der Waals surface area contributed by atoms with Crippen LogP contribution in [0.5, 0.6) is 0 Å². The van der Waals surface area contributed by atoms with E-state index in [0.29, 0.717) is 5.13 Å². The summed E-state index contributed by atoms with van der Waals surface area (Å²) in [6.45, 7) is 10.9. The van der Waals surface area contributed by atoms with Crippen molar-refractivity contribution in [2.24, 2.45) is 10.2 Å². The van der Waals surface area contributed by atoms with E-state index < -0.39 is 0 Å². The Balaban J connectivity index is 1.88. The summed E-state index contributed by atoms with van der Waals surface area (Å²) in [5.74, 6) is 0.771. The number of likely N-dealkylation sites (N-methyl/N-ethyl adjacent to an activating group) is 1. The molecule has 154 valence electrons. The molecule has 0 spiro atoms. The molecule has 1 aliphatic heterocycles. The Kier molecular flexibility index (Phi) is 6.46. The quantitative estimate of drug-likeness (QED) is 0.312. The van der Waals surface area contributed by atoms with Crippen molar-refractivity contribution in [3.8, 4) is 6.07 Å². The van der Waals surface area contributed by atoms with E-state index in [9.17, 15) is 0 Å². The number of nitriles is 1. The van der Waals surface area contributed by atoms with E-state index in [1.165, 1.54) is 11.3 Å². The molecule has 0 radical (unpaired) electrons.